The van der Waals surface area contributed by atoms with Crippen molar-refractivity contribution in [3.8, 4) is 0 Å². The molecule has 0 amide bonds. The van der Waals surface area contributed by atoms with Crippen molar-refractivity contribution in [2.45, 2.75) is 50.6 Å². The summed E-state index contributed by atoms with van der Waals surface area (Å²) >= 11 is 0. The van der Waals surface area contributed by atoms with Gasteiger partial charge < -0.3 is 53.7 Å². The second kappa shape index (κ2) is 27.4. The molecule has 0 unspecified atom stereocenters. The topological polar surface area (TPSA) is 247 Å². The molecule has 0 saturated heterocycles. The molecule has 0 fully saturated rings. The Bertz CT molecular complexity index is 254. The van der Waals surface area contributed by atoms with Gasteiger partial charge in [-0.05, 0) is 38.8 Å². The number of carboxylic acids is 2. The first-order valence-corrected chi connectivity index (χ1v) is 6.69. The van der Waals surface area contributed by atoms with Crippen LogP contribution in [0.15, 0.2) is 0 Å². The smallest absolute Gasteiger partial charge is 0.548 e. The minimum atomic E-state index is -1.18. The standard InChI is InChI=1S/2C6H14N2O2.ClH.Cu.2H2O/c2*7-4-2-1-3-5(8)6(9)10;;;;/h2*5H,1-4,7-8H2,(H,9,10);1H;;2*1H2/q;;;+2;;/p-2/t2*5-;;;;/m00..../s1. The summed E-state index contributed by atoms with van der Waals surface area (Å²) in [6.45, 7) is 1.17. The Morgan fingerprint density at radius 1 is 0.750 bits per heavy atom. The molecule has 0 aliphatic rings. The molecule has 12 heteroatoms. The molecule has 1 radical (unpaired) electrons. The molecule has 0 bridgehead atoms. The molecule has 0 aromatic rings. The van der Waals surface area contributed by atoms with Crippen LogP contribution in [-0.4, -0.2) is 48.1 Å². The third-order valence-electron chi connectivity index (χ3n) is 2.54. The summed E-state index contributed by atoms with van der Waals surface area (Å²) in [5.41, 5.74) is 20.7. The quantitative estimate of drug-likeness (QED) is 0.194. The van der Waals surface area contributed by atoms with E-state index in [0.717, 1.165) is 25.7 Å². The van der Waals surface area contributed by atoms with Crippen LogP contribution < -0.4 is 33.1 Å². The Hall–Kier alpha value is -0.491. The van der Waals surface area contributed by atoms with E-state index < -0.39 is 24.0 Å². The van der Waals surface area contributed by atoms with Gasteiger partial charge in [0.15, 0.2) is 0 Å². The van der Waals surface area contributed by atoms with E-state index in [1.807, 2.05) is 0 Å². The normalized spacial score (nSPS) is 10.8. The molecule has 0 saturated carbocycles. The third-order valence-corrected chi connectivity index (χ3v) is 2.54. The van der Waals surface area contributed by atoms with Crippen molar-refractivity contribution in [1.82, 2.24) is 0 Å². The maximum Gasteiger partial charge on any atom is 2.00 e. The van der Waals surface area contributed by atoms with Crippen molar-refractivity contribution >= 4 is 24.3 Å². The van der Waals surface area contributed by atoms with E-state index in [-0.39, 0.29) is 40.4 Å². The van der Waals surface area contributed by atoms with Gasteiger partial charge in [0.05, 0.1) is 11.9 Å². The molecule has 0 aliphatic carbocycles. The second-order valence-electron chi connectivity index (χ2n) is 4.42. The van der Waals surface area contributed by atoms with Crippen LogP contribution in [0.4, 0.5) is 0 Å². The van der Waals surface area contributed by atoms with Crippen LogP contribution in [0, 0.1) is 0 Å². The molecule has 24 heavy (non-hydrogen) atoms. The van der Waals surface area contributed by atoms with E-state index in [2.05, 4.69) is 0 Å². The average Bonchev–Trinajstić information content (AvgIpc) is 2.39. The maximum absolute atomic E-state index is 10.0. The molecule has 0 heterocycles. The second-order valence-corrected chi connectivity index (χ2v) is 4.42. The molecule has 0 aliphatic heterocycles. The third kappa shape index (κ3) is 29.5. The van der Waals surface area contributed by atoms with Crippen molar-refractivity contribution < 1.29 is 47.8 Å². The Labute approximate surface area is 159 Å². The molecule has 0 rings (SSSR count). The number of rotatable bonds is 10. The van der Waals surface area contributed by atoms with E-state index in [4.69, 9.17) is 22.9 Å². The van der Waals surface area contributed by atoms with Crippen LogP contribution >= 0.6 is 12.4 Å². The Morgan fingerprint density at radius 3 is 1.17 bits per heavy atom. The van der Waals surface area contributed by atoms with Crippen LogP contribution in [0.3, 0.4) is 0 Å². The number of carboxylic acid groups (broad SMARTS) is 2. The zero-order chi connectivity index (χ0) is 16.0. The van der Waals surface area contributed by atoms with E-state index in [1.54, 1.807) is 0 Å². The molecule has 0 aromatic heterocycles. The minimum absolute atomic E-state index is 0. The zero-order valence-corrected chi connectivity index (χ0v) is 15.2. The Kier molecular flexibility index (Phi) is 44.3. The Morgan fingerprint density at radius 2 is 1.00 bits per heavy atom. The zero-order valence-electron chi connectivity index (χ0n) is 13.5. The minimum Gasteiger partial charge on any atom is -0.548 e. The molecular weight excluding hydrogens is 395 g/mol. The largest absolute Gasteiger partial charge is 2.00 e. The van der Waals surface area contributed by atoms with Crippen LogP contribution in [0.25, 0.3) is 0 Å². The summed E-state index contributed by atoms with van der Waals surface area (Å²) in [7, 11) is 0. The number of nitrogens with two attached hydrogens (primary N) is 4. The molecule has 153 valence electrons. The van der Waals surface area contributed by atoms with Crippen molar-refractivity contribution in [1.29, 1.82) is 0 Å². The SMILES string of the molecule is Cl.NCCCC[C@H](N)C(=O)[O-].NCCCC[C@H](N)C(=O)[O-].O.O.[Cu+2]. The van der Waals surface area contributed by atoms with Crippen molar-refractivity contribution in [3.63, 3.8) is 0 Å². The number of carbonyl (C=O) groups excluding carboxylic acids is 2. The van der Waals surface area contributed by atoms with Gasteiger partial charge in [0, 0.05) is 12.1 Å². The summed E-state index contributed by atoms with van der Waals surface area (Å²) in [6.07, 6.45) is 4.07. The predicted octanol–water partition coefficient (Wildman–Crippen LogP) is -4.84. The number of hydrogen-bond donors (Lipinski definition) is 4. The van der Waals surface area contributed by atoms with Crippen LogP contribution in [0.1, 0.15) is 38.5 Å². The number of carbonyl (C=O) groups is 2. The van der Waals surface area contributed by atoms with Crippen LogP contribution in [-0.2, 0) is 26.7 Å². The fraction of sp³-hybridized carbons (Fsp3) is 0.833. The van der Waals surface area contributed by atoms with Gasteiger partial charge in [0.25, 0.3) is 0 Å². The van der Waals surface area contributed by atoms with Crippen molar-refractivity contribution in [2.24, 2.45) is 22.9 Å². The maximum atomic E-state index is 10.0. The van der Waals surface area contributed by atoms with Crippen LogP contribution in [0.2, 0.25) is 0 Å². The van der Waals surface area contributed by atoms with Gasteiger partial charge in [-0.3, -0.25) is 0 Å². The number of aliphatic carboxylic acids is 2. The van der Waals surface area contributed by atoms with Crippen molar-refractivity contribution in [2.75, 3.05) is 13.1 Å². The number of hydrogen-bond acceptors (Lipinski definition) is 8. The molecular formula is C12H31ClCuN4O6. The summed E-state index contributed by atoms with van der Waals surface area (Å²) in [5.74, 6) is -2.37. The molecule has 0 spiro atoms. The molecule has 10 nitrogen and oxygen atoms in total. The van der Waals surface area contributed by atoms with Gasteiger partial charge in [-0.1, -0.05) is 12.8 Å². The van der Waals surface area contributed by atoms with Crippen molar-refractivity contribution in [3.05, 3.63) is 0 Å². The summed E-state index contributed by atoms with van der Waals surface area (Å²) in [4.78, 5) is 20.1. The van der Waals surface area contributed by atoms with Gasteiger partial charge >= 0.3 is 17.1 Å². The van der Waals surface area contributed by atoms with Gasteiger partial charge in [0.1, 0.15) is 0 Å². The van der Waals surface area contributed by atoms with E-state index in [1.165, 1.54) is 0 Å². The van der Waals surface area contributed by atoms with Crippen LogP contribution in [0.5, 0.6) is 0 Å². The van der Waals surface area contributed by atoms with E-state index in [0.29, 0.717) is 25.9 Å². The summed E-state index contributed by atoms with van der Waals surface area (Å²) < 4.78 is 0. The average molecular weight is 426 g/mol. The monoisotopic (exact) mass is 425 g/mol. The molecule has 0 aromatic carbocycles. The van der Waals surface area contributed by atoms with E-state index in [9.17, 15) is 19.8 Å². The molecule has 12 N–H and O–H groups in total. The number of halogens is 1. The predicted molar refractivity (Wildman–Crippen MR) is 86.3 cm³/mol. The van der Waals surface area contributed by atoms with Gasteiger partial charge in [0.2, 0.25) is 0 Å². The fourth-order valence-electron chi connectivity index (χ4n) is 1.25. The van der Waals surface area contributed by atoms with E-state index >= 15 is 0 Å². The number of unbranched alkanes of at least 4 members (excludes halogenated alkanes) is 2. The first kappa shape index (κ1) is 38.9. The summed E-state index contributed by atoms with van der Waals surface area (Å²) in [5, 5.41) is 20.1. The summed E-state index contributed by atoms with van der Waals surface area (Å²) in [6, 6.07) is -1.65. The van der Waals surface area contributed by atoms with Gasteiger partial charge in [-0.15, -0.1) is 12.4 Å². The first-order chi connectivity index (χ1) is 9.36. The first-order valence-electron chi connectivity index (χ1n) is 6.69. The fourth-order valence-corrected chi connectivity index (χ4v) is 1.25. The molecule has 2 atom stereocenters. The Balaban J connectivity index is -0.0000000579. The van der Waals surface area contributed by atoms with Gasteiger partial charge in [-0.2, -0.15) is 0 Å². The van der Waals surface area contributed by atoms with Gasteiger partial charge in [-0.25, -0.2) is 0 Å².